The largest absolute Gasteiger partial charge is 0.299 e. The van der Waals surface area contributed by atoms with E-state index in [0.29, 0.717) is 11.7 Å². The number of ketones is 1. The number of rotatable bonds is 22. The van der Waals surface area contributed by atoms with E-state index in [-0.39, 0.29) is 11.8 Å². The molecule has 232 valence electrons. The maximum Gasteiger partial charge on any atom is 0.138 e. The summed E-state index contributed by atoms with van der Waals surface area (Å²) in [4.78, 5) is 13.4. The Balaban J connectivity index is 2.43. The Morgan fingerprint density at radius 2 is 1.59 bits per heavy atom. The van der Waals surface area contributed by atoms with Gasteiger partial charge in [0.2, 0.25) is 0 Å². The van der Waals surface area contributed by atoms with Gasteiger partial charge in [-0.15, -0.1) is 0 Å². The molecule has 0 aliphatic heterocycles. The molecule has 0 spiro atoms. The summed E-state index contributed by atoms with van der Waals surface area (Å²) >= 11 is 0. The molecular weight excluding hydrogens is 496 g/mol. The summed E-state index contributed by atoms with van der Waals surface area (Å²) in [7, 11) is 0. The first-order chi connectivity index (χ1) is 19.6. The number of Topliss-reactive ketones (excluding diaryl/α,β-unsaturated/α-hetero) is 1. The maximum atomic E-state index is 13.4. The lowest BCUT2D eigenvalue weighted by atomic mass is 9.82. The van der Waals surface area contributed by atoms with Crippen LogP contribution >= 0.6 is 0 Å². The fourth-order valence-electron chi connectivity index (χ4n) is 5.89. The van der Waals surface area contributed by atoms with Gasteiger partial charge in [-0.2, -0.15) is 0 Å². The van der Waals surface area contributed by atoms with Gasteiger partial charge in [0, 0.05) is 11.8 Å². The fraction of sp³-hybridized carbons (Fsp3) is 0.675. The number of benzene rings is 1. The van der Waals surface area contributed by atoms with E-state index in [0.717, 1.165) is 44.9 Å². The molecule has 0 radical (unpaired) electrons. The number of allylic oxidation sites excluding steroid dienone is 6. The van der Waals surface area contributed by atoms with Crippen LogP contribution < -0.4 is 0 Å². The Labute approximate surface area is 256 Å². The van der Waals surface area contributed by atoms with Crippen molar-refractivity contribution in [3.8, 4) is 0 Å². The summed E-state index contributed by atoms with van der Waals surface area (Å²) in [5, 5.41) is 0. The van der Waals surface area contributed by atoms with E-state index in [1.807, 2.05) is 0 Å². The van der Waals surface area contributed by atoms with Gasteiger partial charge in [-0.05, 0) is 108 Å². The van der Waals surface area contributed by atoms with E-state index >= 15 is 0 Å². The van der Waals surface area contributed by atoms with Gasteiger partial charge < -0.3 is 0 Å². The molecule has 0 aliphatic carbocycles. The van der Waals surface area contributed by atoms with E-state index in [4.69, 9.17) is 0 Å². The van der Waals surface area contributed by atoms with Crippen molar-refractivity contribution < 1.29 is 4.79 Å². The minimum absolute atomic E-state index is 0.208. The zero-order chi connectivity index (χ0) is 30.6. The molecule has 0 saturated carbocycles. The second-order valence-electron chi connectivity index (χ2n) is 13.1. The van der Waals surface area contributed by atoms with Gasteiger partial charge in [-0.25, -0.2) is 0 Å². The van der Waals surface area contributed by atoms with Gasteiger partial charge in [-0.3, -0.25) is 4.79 Å². The Hall–Kier alpha value is -1.89. The molecule has 0 bridgehead atoms. The van der Waals surface area contributed by atoms with Crippen molar-refractivity contribution in [2.45, 2.75) is 159 Å². The van der Waals surface area contributed by atoms with Crippen molar-refractivity contribution >= 4 is 5.78 Å². The SMILES string of the molecule is CCCC=CC(C)=CC(C)=C(C)CCC(C)CCC(CCC)C(=O)C(C)CCCCCCc1cc(CC)ccc1C. The van der Waals surface area contributed by atoms with E-state index < -0.39 is 0 Å². The predicted octanol–water partition coefficient (Wildman–Crippen LogP) is 12.5. The molecule has 1 rings (SSSR count). The normalized spacial score (nSPS) is 15.2. The average Bonchev–Trinajstić information content (AvgIpc) is 2.96. The Kier molecular flexibility index (Phi) is 19.7. The van der Waals surface area contributed by atoms with E-state index in [9.17, 15) is 4.79 Å². The van der Waals surface area contributed by atoms with Crippen molar-refractivity contribution in [1.82, 2.24) is 0 Å². The Bertz CT molecular complexity index is 959. The molecule has 1 nitrogen and oxygen atoms in total. The highest BCUT2D eigenvalue weighted by Gasteiger charge is 2.23. The number of hydrogen-bond acceptors (Lipinski definition) is 1. The second-order valence-corrected chi connectivity index (χ2v) is 13.1. The van der Waals surface area contributed by atoms with Crippen LogP contribution in [0.3, 0.4) is 0 Å². The van der Waals surface area contributed by atoms with E-state index in [1.165, 1.54) is 84.8 Å². The van der Waals surface area contributed by atoms with E-state index in [2.05, 4.69) is 98.7 Å². The van der Waals surface area contributed by atoms with Crippen LogP contribution in [0.25, 0.3) is 0 Å². The molecule has 0 aromatic heterocycles. The molecule has 1 aromatic rings. The zero-order valence-corrected chi connectivity index (χ0v) is 28.7. The lowest BCUT2D eigenvalue weighted by molar-refractivity contribution is -0.127. The Morgan fingerprint density at radius 3 is 2.27 bits per heavy atom. The quantitative estimate of drug-likeness (QED) is 0.101. The van der Waals surface area contributed by atoms with Crippen molar-refractivity contribution in [2.75, 3.05) is 0 Å². The van der Waals surface area contributed by atoms with Crippen LogP contribution in [0.15, 0.2) is 53.1 Å². The van der Waals surface area contributed by atoms with Crippen LogP contribution in [0.4, 0.5) is 0 Å². The number of carbonyl (C=O) groups is 1. The van der Waals surface area contributed by atoms with Crippen molar-refractivity contribution in [3.63, 3.8) is 0 Å². The first-order valence-corrected chi connectivity index (χ1v) is 17.3. The number of hydrogen-bond donors (Lipinski definition) is 0. The van der Waals surface area contributed by atoms with Gasteiger partial charge >= 0.3 is 0 Å². The third kappa shape index (κ3) is 15.8. The summed E-state index contributed by atoms with van der Waals surface area (Å²) in [5.74, 6) is 1.66. The standard InChI is InChI=1S/C40H66O/c1-10-13-16-20-32(5)29-36(9)33(6)25-23-31(4)24-28-38(19-11-2)40(41)35(8)21-17-14-15-18-22-39-30-37(12-3)27-26-34(39)7/h16,20,26-27,29-31,35,38H,10-15,17-19,21-25,28H2,1-9H3. The van der Waals surface area contributed by atoms with Crippen LogP contribution in [0, 0.1) is 24.7 Å². The summed E-state index contributed by atoms with van der Waals surface area (Å²) in [6.07, 6.45) is 24.3. The first kappa shape index (κ1) is 37.1. The molecule has 0 amide bonds. The average molecular weight is 563 g/mol. The topological polar surface area (TPSA) is 17.1 Å². The monoisotopic (exact) mass is 563 g/mol. The smallest absolute Gasteiger partial charge is 0.138 e. The molecule has 1 heteroatoms. The van der Waals surface area contributed by atoms with Crippen LogP contribution in [0.5, 0.6) is 0 Å². The van der Waals surface area contributed by atoms with Crippen molar-refractivity contribution in [2.24, 2.45) is 17.8 Å². The Morgan fingerprint density at radius 1 is 0.854 bits per heavy atom. The summed E-state index contributed by atoms with van der Waals surface area (Å²) in [6.45, 7) is 20.2. The van der Waals surface area contributed by atoms with Crippen molar-refractivity contribution in [1.29, 1.82) is 0 Å². The molecule has 3 unspecified atom stereocenters. The van der Waals surface area contributed by atoms with Crippen LogP contribution in [-0.4, -0.2) is 5.78 Å². The lowest BCUT2D eigenvalue weighted by Crippen LogP contribution is -2.22. The maximum absolute atomic E-state index is 13.4. The first-order valence-electron chi connectivity index (χ1n) is 17.3. The van der Waals surface area contributed by atoms with Crippen LogP contribution in [0.2, 0.25) is 0 Å². The lowest BCUT2D eigenvalue weighted by Gasteiger charge is -2.21. The van der Waals surface area contributed by atoms with E-state index in [1.54, 1.807) is 0 Å². The molecule has 0 fully saturated rings. The minimum Gasteiger partial charge on any atom is -0.299 e. The second kappa shape index (κ2) is 21.8. The third-order valence-corrected chi connectivity index (χ3v) is 9.15. The molecule has 0 saturated heterocycles. The number of carbonyl (C=O) groups excluding carboxylic acids is 1. The van der Waals surface area contributed by atoms with Gasteiger partial charge in [-0.1, -0.05) is 126 Å². The molecular formula is C40H66O. The van der Waals surface area contributed by atoms with Gasteiger partial charge in [0.1, 0.15) is 5.78 Å². The van der Waals surface area contributed by atoms with Gasteiger partial charge in [0.05, 0.1) is 0 Å². The summed E-state index contributed by atoms with van der Waals surface area (Å²) in [6, 6.07) is 6.94. The molecule has 41 heavy (non-hydrogen) atoms. The highest BCUT2D eigenvalue weighted by atomic mass is 16.1. The number of aryl methyl sites for hydroxylation is 3. The van der Waals surface area contributed by atoms with Gasteiger partial charge in [0.15, 0.2) is 0 Å². The molecule has 3 atom stereocenters. The highest BCUT2D eigenvalue weighted by Crippen LogP contribution is 2.27. The minimum atomic E-state index is 0.208. The summed E-state index contributed by atoms with van der Waals surface area (Å²) in [5.41, 5.74) is 8.64. The van der Waals surface area contributed by atoms with Crippen LogP contribution in [-0.2, 0) is 17.6 Å². The summed E-state index contributed by atoms with van der Waals surface area (Å²) < 4.78 is 0. The molecule has 0 aliphatic rings. The third-order valence-electron chi connectivity index (χ3n) is 9.15. The number of unbranched alkanes of at least 4 members (excludes halogenated alkanes) is 4. The zero-order valence-electron chi connectivity index (χ0n) is 28.7. The molecule has 1 aromatic carbocycles. The fourth-order valence-corrected chi connectivity index (χ4v) is 5.89. The molecule has 0 N–H and O–H groups in total. The highest BCUT2D eigenvalue weighted by molar-refractivity contribution is 5.83. The van der Waals surface area contributed by atoms with Gasteiger partial charge in [0.25, 0.3) is 0 Å². The van der Waals surface area contributed by atoms with Crippen LogP contribution in [0.1, 0.15) is 156 Å². The van der Waals surface area contributed by atoms with Crippen molar-refractivity contribution in [3.05, 3.63) is 69.8 Å². The predicted molar refractivity (Wildman–Crippen MR) is 184 cm³/mol. The molecule has 0 heterocycles.